The Morgan fingerprint density at radius 3 is 2.95 bits per heavy atom. The van der Waals surface area contributed by atoms with Gasteiger partial charge in [-0.15, -0.1) is 0 Å². The number of aryl methyl sites for hydroxylation is 1. The van der Waals surface area contributed by atoms with Crippen LogP contribution in [0.3, 0.4) is 0 Å². The molecule has 0 aromatic heterocycles. The first-order valence-corrected chi connectivity index (χ1v) is 6.02. The summed E-state index contributed by atoms with van der Waals surface area (Å²) in [7, 11) is 3.24. The van der Waals surface area contributed by atoms with Crippen LogP contribution in [0.2, 0.25) is 0 Å². The average molecular weight is 263 g/mol. The topological polar surface area (TPSA) is 75.9 Å². The highest BCUT2D eigenvalue weighted by Crippen LogP contribution is 2.32. The lowest BCUT2D eigenvalue weighted by Crippen LogP contribution is -2.35. The van der Waals surface area contributed by atoms with Gasteiger partial charge < -0.3 is 9.64 Å². The Morgan fingerprint density at radius 2 is 2.26 bits per heavy atom. The van der Waals surface area contributed by atoms with Crippen molar-refractivity contribution in [1.82, 2.24) is 5.01 Å². The lowest BCUT2D eigenvalue weighted by atomic mass is 10.1. The van der Waals surface area contributed by atoms with E-state index in [2.05, 4.69) is 0 Å². The van der Waals surface area contributed by atoms with Gasteiger partial charge in [0, 0.05) is 20.5 Å². The second-order valence-electron chi connectivity index (χ2n) is 4.55. The van der Waals surface area contributed by atoms with E-state index in [9.17, 15) is 9.59 Å². The number of carbonyl (C=O) groups is 2. The minimum absolute atomic E-state index is 0.0688. The lowest BCUT2D eigenvalue weighted by Gasteiger charge is -2.26. The summed E-state index contributed by atoms with van der Waals surface area (Å²) >= 11 is 0. The first kappa shape index (κ1) is 13.4. The van der Waals surface area contributed by atoms with E-state index in [1.54, 1.807) is 11.9 Å². The molecule has 0 atom stereocenters. The first-order valence-electron chi connectivity index (χ1n) is 6.02. The zero-order valence-electron chi connectivity index (χ0n) is 11.0. The predicted octanol–water partition coefficient (Wildman–Crippen LogP) is 0.306. The molecule has 1 heterocycles. The molecular weight excluding hydrogens is 246 g/mol. The van der Waals surface area contributed by atoms with Crippen LogP contribution in [0.1, 0.15) is 12.0 Å². The molecule has 0 spiro atoms. The standard InChI is InChI=1S/C13H17N3O3/c1-15-10-7-9(4-6-12(17)16(2)14)3-5-11(10)19-8-13(15)18/h3,5,7H,4,6,8,14H2,1-2H3. The van der Waals surface area contributed by atoms with Crippen LogP contribution in [0, 0.1) is 0 Å². The van der Waals surface area contributed by atoms with E-state index in [-0.39, 0.29) is 18.4 Å². The third-order valence-electron chi connectivity index (χ3n) is 3.13. The van der Waals surface area contributed by atoms with Crippen LogP contribution in [0.25, 0.3) is 0 Å². The highest BCUT2D eigenvalue weighted by molar-refractivity contribution is 5.97. The second kappa shape index (κ2) is 5.27. The molecule has 2 N–H and O–H groups in total. The zero-order valence-corrected chi connectivity index (χ0v) is 11.0. The van der Waals surface area contributed by atoms with Gasteiger partial charge in [0.05, 0.1) is 5.69 Å². The number of amides is 2. The van der Waals surface area contributed by atoms with E-state index < -0.39 is 0 Å². The molecule has 1 aliphatic rings. The maximum atomic E-state index is 11.5. The number of hydrazine groups is 1. The number of likely N-dealkylation sites (N-methyl/N-ethyl adjacent to an activating group) is 1. The SMILES string of the molecule is CN(N)C(=O)CCc1ccc2c(c1)N(C)C(=O)CO2. The van der Waals surface area contributed by atoms with E-state index in [0.717, 1.165) is 16.3 Å². The molecule has 0 unspecified atom stereocenters. The molecule has 6 heteroatoms. The van der Waals surface area contributed by atoms with Gasteiger partial charge in [-0.05, 0) is 24.1 Å². The van der Waals surface area contributed by atoms with Gasteiger partial charge in [0.2, 0.25) is 5.91 Å². The number of fused-ring (bicyclic) bond motifs is 1. The van der Waals surface area contributed by atoms with Crippen LogP contribution in [0.4, 0.5) is 5.69 Å². The largest absolute Gasteiger partial charge is 0.482 e. The van der Waals surface area contributed by atoms with Gasteiger partial charge in [-0.25, -0.2) is 5.84 Å². The number of anilines is 1. The number of carbonyl (C=O) groups excluding carboxylic acids is 2. The molecule has 0 saturated carbocycles. The van der Waals surface area contributed by atoms with Gasteiger partial charge in [0.25, 0.3) is 5.91 Å². The Labute approximate surface area is 111 Å². The lowest BCUT2D eigenvalue weighted by molar-refractivity contribution is -0.130. The summed E-state index contributed by atoms with van der Waals surface area (Å²) < 4.78 is 5.34. The third-order valence-corrected chi connectivity index (χ3v) is 3.13. The van der Waals surface area contributed by atoms with Crippen molar-refractivity contribution in [2.75, 3.05) is 25.6 Å². The summed E-state index contributed by atoms with van der Waals surface area (Å²) in [6, 6.07) is 5.59. The summed E-state index contributed by atoms with van der Waals surface area (Å²) in [6.45, 7) is 0.0688. The number of benzene rings is 1. The fourth-order valence-electron chi connectivity index (χ4n) is 1.90. The molecule has 19 heavy (non-hydrogen) atoms. The molecule has 1 aromatic carbocycles. The van der Waals surface area contributed by atoms with Crippen molar-refractivity contribution >= 4 is 17.5 Å². The van der Waals surface area contributed by atoms with Gasteiger partial charge in [-0.3, -0.25) is 14.6 Å². The minimum atomic E-state index is -0.126. The molecular formula is C13H17N3O3. The van der Waals surface area contributed by atoms with E-state index in [1.807, 2.05) is 18.2 Å². The highest BCUT2D eigenvalue weighted by Gasteiger charge is 2.22. The second-order valence-corrected chi connectivity index (χ2v) is 4.55. The van der Waals surface area contributed by atoms with Crippen LogP contribution in [0.5, 0.6) is 5.75 Å². The summed E-state index contributed by atoms with van der Waals surface area (Å²) in [4.78, 5) is 24.5. The molecule has 0 saturated heterocycles. The Kier molecular flexibility index (Phi) is 3.71. The van der Waals surface area contributed by atoms with Gasteiger partial charge in [0.15, 0.2) is 6.61 Å². The normalized spacial score (nSPS) is 13.8. The summed E-state index contributed by atoms with van der Waals surface area (Å²) in [5.74, 6) is 5.84. The third kappa shape index (κ3) is 2.85. The Morgan fingerprint density at radius 1 is 1.53 bits per heavy atom. The molecule has 1 aliphatic heterocycles. The van der Waals surface area contributed by atoms with E-state index >= 15 is 0 Å². The minimum Gasteiger partial charge on any atom is -0.482 e. The quantitative estimate of drug-likeness (QED) is 0.483. The molecule has 0 aliphatic carbocycles. The molecule has 6 nitrogen and oxygen atoms in total. The Hall–Kier alpha value is -2.08. The number of nitrogens with two attached hydrogens (primary N) is 1. The van der Waals surface area contributed by atoms with Crippen molar-refractivity contribution in [2.24, 2.45) is 5.84 Å². The van der Waals surface area contributed by atoms with Gasteiger partial charge in [-0.2, -0.15) is 0 Å². The number of rotatable bonds is 3. The maximum Gasteiger partial charge on any atom is 0.264 e. The smallest absolute Gasteiger partial charge is 0.264 e. The summed E-state index contributed by atoms with van der Waals surface area (Å²) in [5, 5.41) is 1.08. The molecule has 0 bridgehead atoms. The van der Waals surface area contributed by atoms with Crippen LogP contribution < -0.4 is 15.5 Å². The van der Waals surface area contributed by atoms with Crippen LogP contribution >= 0.6 is 0 Å². The molecule has 2 rings (SSSR count). The van der Waals surface area contributed by atoms with Crippen molar-refractivity contribution < 1.29 is 14.3 Å². The number of hydrogen-bond acceptors (Lipinski definition) is 4. The van der Waals surface area contributed by atoms with Gasteiger partial charge >= 0.3 is 0 Å². The summed E-state index contributed by atoms with van der Waals surface area (Å²) in [6.07, 6.45) is 0.917. The van der Waals surface area contributed by atoms with Crippen molar-refractivity contribution in [2.45, 2.75) is 12.8 Å². The van der Waals surface area contributed by atoms with Crippen molar-refractivity contribution in [1.29, 1.82) is 0 Å². The average Bonchev–Trinajstić information content (AvgIpc) is 2.40. The molecule has 102 valence electrons. The predicted molar refractivity (Wildman–Crippen MR) is 70.6 cm³/mol. The monoisotopic (exact) mass is 263 g/mol. The Bertz CT molecular complexity index is 514. The Balaban J connectivity index is 2.12. The van der Waals surface area contributed by atoms with Crippen molar-refractivity contribution in [3.8, 4) is 5.75 Å². The first-order chi connectivity index (χ1) is 8.99. The van der Waals surface area contributed by atoms with Crippen molar-refractivity contribution in [3.63, 3.8) is 0 Å². The fraction of sp³-hybridized carbons (Fsp3) is 0.385. The van der Waals surface area contributed by atoms with E-state index in [1.165, 1.54) is 7.05 Å². The van der Waals surface area contributed by atoms with Gasteiger partial charge in [-0.1, -0.05) is 6.07 Å². The molecule has 0 fully saturated rings. The van der Waals surface area contributed by atoms with Crippen LogP contribution in [0.15, 0.2) is 18.2 Å². The van der Waals surface area contributed by atoms with E-state index in [0.29, 0.717) is 18.6 Å². The van der Waals surface area contributed by atoms with Crippen molar-refractivity contribution in [3.05, 3.63) is 23.8 Å². The van der Waals surface area contributed by atoms with Gasteiger partial charge in [0.1, 0.15) is 5.75 Å². The summed E-state index contributed by atoms with van der Waals surface area (Å²) in [5.41, 5.74) is 1.71. The highest BCUT2D eigenvalue weighted by atomic mass is 16.5. The maximum absolute atomic E-state index is 11.5. The number of ether oxygens (including phenoxy) is 1. The fourth-order valence-corrected chi connectivity index (χ4v) is 1.90. The molecule has 0 radical (unpaired) electrons. The zero-order chi connectivity index (χ0) is 14.0. The number of hydrogen-bond donors (Lipinski definition) is 1. The number of nitrogens with zero attached hydrogens (tertiary/aromatic N) is 2. The van der Waals surface area contributed by atoms with Crippen LogP contribution in [-0.4, -0.2) is 37.5 Å². The van der Waals surface area contributed by atoms with E-state index in [4.69, 9.17) is 10.6 Å². The van der Waals surface area contributed by atoms with Crippen LogP contribution in [-0.2, 0) is 16.0 Å². The molecule has 1 aromatic rings. The molecule has 2 amide bonds.